The lowest BCUT2D eigenvalue weighted by atomic mass is 10.6. The topological polar surface area (TPSA) is 44.2 Å². The lowest BCUT2D eigenvalue weighted by molar-refractivity contribution is 0.300. The molecule has 0 amide bonds. The third-order valence-electron chi connectivity index (χ3n) is 1.24. The average molecular weight is 199 g/mol. The molecule has 0 aliphatic rings. The van der Waals surface area contributed by atoms with Crippen LogP contribution in [0.5, 0.6) is 11.8 Å². The van der Waals surface area contributed by atoms with Crippen LogP contribution in [0.2, 0.25) is 0 Å². The van der Waals surface area contributed by atoms with Crippen LogP contribution in [0.3, 0.4) is 0 Å². The number of ether oxygens (including phenoxy) is 2. The zero-order chi connectivity index (χ0) is 9.68. The van der Waals surface area contributed by atoms with Gasteiger partial charge in [-0.2, -0.15) is 0 Å². The van der Waals surface area contributed by atoms with Crippen LogP contribution in [0.1, 0.15) is 13.8 Å². The molecule has 0 atom stereocenters. The number of rotatable bonds is 4. The zero-order valence-electron chi connectivity index (χ0n) is 7.61. The number of hydrogen-bond donors (Lipinski definition) is 0. The maximum Gasteiger partial charge on any atom is 0.218 e. The third kappa shape index (κ3) is 3.02. The Morgan fingerprint density at radius 3 is 2.00 bits per heavy atom. The van der Waals surface area contributed by atoms with Crippen LogP contribution in [-0.2, 0) is 12.6 Å². The van der Waals surface area contributed by atoms with Crippen LogP contribution in [0, 0.1) is 0 Å². The predicted octanol–water partition coefficient (Wildman–Crippen LogP) is 1.18. The molecule has 0 radical (unpaired) electrons. The lowest BCUT2D eigenvalue weighted by Crippen LogP contribution is -2.01. The Bertz CT molecular complexity index is 257. The first kappa shape index (κ1) is 9.98. The second-order valence-electron chi connectivity index (χ2n) is 2.19. The molecule has 1 aromatic heterocycles. The summed E-state index contributed by atoms with van der Waals surface area (Å²) in [5, 5.41) is 0.245. The summed E-state index contributed by atoms with van der Waals surface area (Å²) in [4.78, 5) is 7.81. The minimum atomic E-state index is 0.245. The van der Waals surface area contributed by atoms with E-state index in [1.54, 1.807) is 6.07 Å². The lowest BCUT2D eigenvalue weighted by Gasteiger charge is -2.10. The van der Waals surface area contributed by atoms with Crippen molar-refractivity contribution in [1.29, 1.82) is 0 Å². The van der Waals surface area contributed by atoms with Gasteiger partial charge < -0.3 is 22.1 Å². The second kappa shape index (κ2) is 4.81. The van der Waals surface area contributed by atoms with E-state index in [4.69, 9.17) is 22.1 Å². The van der Waals surface area contributed by atoms with Crippen molar-refractivity contribution in [2.45, 2.75) is 19.0 Å². The van der Waals surface area contributed by atoms with E-state index in [1.807, 2.05) is 13.8 Å². The monoisotopic (exact) mass is 199 g/mol. The van der Waals surface area contributed by atoms with Crippen LogP contribution in [-0.4, -0.2) is 23.2 Å². The Morgan fingerprint density at radius 1 is 1.15 bits per heavy atom. The molecule has 1 aromatic rings. The van der Waals surface area contributed by atoms with Gasteiger partial charge in [0.2, 0.25) is 11.8 Å². The van der Waals surface area contributed by atoms with Crippen LogP contribution < -0.4 is 9.47 Å². The van der Waals surface area contributed by atoms with Gasteiger partial charge >= 0.3 is 0 Å². The van der Waals surface area contributed by atoms with E-state index in [-0.39, 0.29) is 5.16 Å². The van der Waals surface area contributed by atoms with E-state index in [0.717, 1.165) is 0 Å². The molecule has 1 rings (SSSR count). The number of hydrogen-bond acceptors (Lipinski definition) is 5. The van der Waals surface area contributed by atoms with E-state index in [9.17, 15) is 0 Å². The molecular weight excluding hydrogens is 188 g/mol. The number of aromatic nitrogens is 2. The van der Waals surface area contributed by atoms with Crippen molar-refractivity contribution < 1.29 is 9.47 Å². The van der Waals surface area contributed by atoms with Crippen LogP contribution in [0.4, 0.5) is 0 Å². The Morgan fingerprint density at radius 2 is 1.62 bits per heavy atom. The smallest absolute Gasteiger partial charge is 0.218 e. The summed E-state index contributed by atoms with van der Waals surface area (Å²) in [6.45, 7) is 4.87. The van der Waals surface area contributed by atoms with Gasteiger partial charge in [0.1, 0.15) is 0 Å². The fourth-order valence-electron chi connectivity index (χ4n) is 0.827. The van der Waals surface area contributed by atoms with Gasteiger partial charge in [-0.05, 0) is 13.8 Å². The highest BCUT2D eigenvalue weighted by molar-refractivity contribution is 7.58. The number of nitrogens with zero attached hydrogens (tertiary/aromatic N) is 2. The first-order valence-corrected chi connectivity index (χ1v) is 4.48. The Labute approximate surface area is 82.7 Å². The van der Waals surface area contributed by atoms with Crippen molar-refractivity contribution in [1.82, 2.24) is 9.97 Å². The summed E-state index contributed by atoms with van der Waals surface area (Å²) in [6, 6.07) is 1.63. The Kier molecular flexibility index (Phi) is 3.70. The van der Waals surface area contributed by atoms with Gasteiger partial charge in [0, 0.05) is 5.16 Å². The normalized spacial score (nSPS) is 9.69. The van der Waals surface area contributed by atoms with Crippen LogP contribution >= 0.6 is 0 Å². The molecule has 0 aliphatic carbocycles. The fraction of sp³-hybridized carbons (Fsp3) is 0.500. The molecule has 0 aliphatic heterocycles. The van der Waals surface area contributed by atoms with Crippen molar-refractivity contribution in [3.8, 4) is 11.8 Å². The molecule has 72 valence electrons. The summed E-state index contributed by atoms with van der Waals surface area (Å²) in [5.41, 5.74) is 0. The molecule has 4 nitrogen and oxygen atoms in total. The summed E-state index contributed by atoms with van der Waals surface area (Å²) in [7, 11) is 0. The SMILES string of the molecule is CCOc1cc(OCC)nc([S-])n1. The van der Waals surface area contributed by atoms with Crippen molar-refractivity contribution in [2.24, 2.45) is 0 Å². The van der Waals surface area contributed by atoms with Crippen LogP contribution in [0.25, 0.3) is 0 Å². The minimum Gasteiger partial charge on any atom is -0.740 e. The molecule has 0 aromatic carbocycles. The summed E-state index contributed by atoms with van der Waals surface area (Å²) < 4.78 is 10.4. The van der Waals surface area contributed by atoms with Crippen molar-refractivity contribution >= 4 is 12.6 Å². The highest BCUT2D eigenvalue weighted by atomic mass is 32.1. The molecule has 0 spiro atoms. The molecular formula is C8H11N2O2S-. The first-order valence-electron chi connectivity index (χ1n) is 4.08. The highest BCUT2D eigenvalue weighted by Gasteiger charge is 1.99. The molecule has 0 unspecified atom stereocenters. The van der Waals surface area contributed by atoms with Gasteiger partial charge in [0.15, 0.2) is 0 Å². The van der Waals surface area contributed by atoms with E-state index in [1.165, 1.54) is 0 Å². The summed E-state index contributed by atoms with van der Waals surface area (Å²) in [5.74, 6) is 0.928. The van der Waals surface area contributed by atoms with Gasteiger partial charge in [-0.15, -0.1) is 0 Å². The van der Waals surface area contributed by atoms with Gasteiger partial charge in [-0.1, -0.05) is 0 Å². The molecule has 1 heterocycles. The maximum absolute atomic E-state index is 5.18. The quantitative estimate of drug-likeness (QED) is 0.538. The van der Waals surface area contributed by atoms with E-state index < -0.39 is 0 Å². The molecule has 0 saturated carbocycles. The fourth-order valence-corrected chi connectivity index (χ4v) is 1.01. The van der Waals surface area contributed by atoms with Crippen molar-refractivity contribution in [2.75, 3.05) is 13.2 Å². The van der Waals surface area contributed by atoms with Gasteiger partial charge in [0.25, 0.3) is 0 Å². The van der Waals surface area contributed by atoms with Gasteiger partial charge in [0.05, 0.1) is 19.3 Å². The summed E-state index contributed by atoms with van der Waals surface area (Å²) >= 11 is 4.83. The van der Waals surface area contributed by atoms with Crippen molar-refractivity contribution in [3.05, 3.63) is 6.07 Å². The average Bonchev–Trinajstić information content (AvgIpc) is 2.04. The molecule has 5 heteroatoms. The molecule has 0 saturated heterocycles. The van der Waals surface area contributed by atoms with Crippen LogP contribution in [0.15, 0.2) is 11.2 Å². The second-order valence-corrected chi connectivity index (χ2v) is 2.56. The first-order chi connectivity index (χ1) is 6.26. The maximum atomic E-state index is 5.18. The summed E-state index contributed by atoms with van der Waals surface area (Å²) in [6.07, 6.45) is 0. The molecule has 13 heavy (non-hydrogen) atoms. The molecule has 0 N–H and O–H groups in total. The van der Waals surface area contributed by atoms with Crippen molar-refractivity contribution in [3.63, 3.8) is 0 Å². The molecule has 0 bridgehead atoms. The zero-order valence-corrected chi connectivity index (χ0v) is 8.43. The van der Waals surface area contributed by atoms with E-state index in [2.05, 4.69) is 9.97 Å². The molecule has 0 fully saturated rings. The largest absolute Gasteiger partial charge is 0.740 e. The van der Waals surface area contributed by atoms with E-state index in [0.29, 0.717) is 25.0 Å². The highest BCUT2D eigenvalue weighted by Crippen LogP contribution is 2.15. The minimum absolute atomic E-state index is 0.245. The van der Waals surface area contributed by atoms with Gasteiger partial charge in [-0.25, -0.2) is 9.97 Å². The van der Waals surface area contributed by atoms with E-state index >= 15 is 0 Å². The Hall–Kier alpha value is -1.10. The predicted molar refractivity (Wildman–Crippen MR) is 50.0 cm³/mol. The van der Waals surface area contributed by atoms with Gasteiger partial charge in [-0.3, -0.25) is 0 Å². The third-order valence-corrected chi connectivity index (χ3v) is 1.43. The standard InChI is InChI=1S/C8H12N2O2S/c1-3-11-6-5-7(12-4-2)10-8(13)9-6/h5H,3-4H2,1-2H3,(H,9,10,13)/p-1. The Balaban J connectivity index is 2.83.